The molecule has 0 saturated heterocycles. The van der Waals surface area contributed by atoms with Gasteiger partial charge >= 0.3 is 0 Å². The van der Waals surface area contributed by atoms with E-state index in [-0.39, 0.29) is 0 Å². The van der Waals surface area contributed by atoms with Crippen molar-refractivity contribution >= 4 is 11.8 Å². The molecule has 1 atom stereocenters. The van der Waals surface area contributed by atoms with Crippen LogP contribution in [0.25, 0.3) is 0 Å². The summed E-state index contributed by atoms with van der Waals surface area (Å²) in [5.41, 5.74) is 1.25. The largest absolute Gasteiger partial charge is 0.454 e. The predicted octanol–water partition coefficient (Wildman–Crippen LogP) is 2.45. The van der Waals surface area contributed by atoms with Gasteiger partial charge in [0.1, 0.15) is 0 Å². The summed E-state index contributed by atoms with van der Waals surface area (Å²) in [5.74, 6) is 3.73. The second-order valence-corrected chi connectivity index (χ2v) is 5.44. The lowest BCUT2D eigenvalue weighted by atomic mass is 10.1. The van der Waals surface area contributed by atoms with Gasteiger partial charge in [0.2, 0.25) is 6.79 Å². The predicted molar refractivity (Wildman–Crippen MR) is 78.2 cm³/mol. The van der Waals surface area contributed by atoms with Crippen molar-refractivity contribution in [2.24, 2.45) is 0 Å². The molecule has 0 saturated carbocycles. The normalized spacial score (nSPS) is 14.6. The van der Waals surface area contributed by atoms with Crippen LogP contribution >= 0.6 is 11.8 Å². The smallest absolute Gasteiger partial charge is 0.231 e. The number of benzene rings is 1. The van der Waals surface area contributed by atoms with Crippen LogP contribution in [0.15, 0.2) is 18.2 Å². The van der Waals surface area contributed by atoms with Gasteiger partial charge in [-0.2, -0.15) is 11.8 Å². The Morgan fingerprint density at radius 3 is 3.00 bits per heavy atom. The van der Waals surface area contributed by atoms with Crippen molar-refractivity contribution in [3.8, 4) is 11.5 Å². The number of rotatable bonds is 8. The van der Waals surface area contributed by atoms with Gasteiger partial charge in [-0.25, -0.2) is 0 Å². The molecule has 0 spiro atoms. The zero-order valence-electron chi connectivity index (χ0n) is 11.5. The highest BCUT2D eigenvalue weighted by Crippen LogP contribution is 2.34. The standard InChI is InChI=1S/C14H21NO3S/c1-3-15-12(9-19-7-6-16-2)11-4-5-13-14(8-11)18-10-17-13/h4-5,8,12,15H,3,6-7,9-10H2,1-2H3. The molecule has 2 rings (SSSR count). The SMILES string of the molecule is CCNC(CSCCOC)c1ccc2c(c1)OCO2. The van der Waals surface area contributed by atoms with Gasteiger partial charge < -0.3 is 19.5 Å². The van der Waals surface area contributed by atoms with Gasteiger partial charge in [-0.1, -0.05) is 13.0 Å². The highest BCUT2D eigenvalue weighted by molar-refractivity contribution is 7.99. The Labute approximate surface area is 118 Å². The van der Waals surface area contributed by atoms with E-state index < -0.39 is 0 Å². The summed E-state index contributed by atoms with van der Waals surface area (Å²) in [5, 5.41) is 3.51. The van der Waals surface area contributed by atoms with E-state index in [4.69, 9.17) is 14.2 Å². The molecule has 0 radical (unpaired) electrons. The van der Waals surface area contributed by atoms with E-state index in [1.54, 1.807) is 7.11 Å². The number of thioether (sulfide) groups is 1. The summed E-state index contributed by atoms with van der Waals surface area (Å²) in [6, 6.07) is 6.51. The molecule has 1 aromatic carbocycles. The summed E-state index contributed by atoms with van der Waals surface area (Å²) < 4.78 is 15.8. The Hall–Kier alpha value is -0.910. The van der Waals surface area contributed by atoms with Gasteiger partial charge in [-0.3, -0.25) is 0 Å². The molecule has 0 bridgehead atoms. The molecule has 1 aliphatic rings. The number of fused-ring (bicyclic) bond motifs is 1. The highest BCUT2D eigenvalue weighted by Gasteiger charge is 2.17. The van der Waals surface area contributed by atoms with Gasteiger partial charge in [-0.15, -0.1) is 0 Å². The summed E-state index contributed by atoms with van der Waals surface area (Å²) in [4.78, 5) is 0. The number of methoxy groups -OCH3 is 1. The Balaban J connectivity index is 1.97. The Morgan fingerprint density at radius 1 is 1.37 bits per heavy atom. The van der Waals surface area contributed by atoms with E-state index in [9.17, 15) is 0 Å². The fourth-order valence-electron chi connectivity index (χ4n) is 1.99. The van der Waals surface area contributed by atoms with E-state index in [0.29, 0.717) is 12.8 Å². The first-order valence-electron chi connectivity index (χ1n) is 6.54. The van der Waals surface area contributed by atoms with E-state index >= 15 is 0 Å². The van der Waals surface area contributed by atoms with E-state index in [1.807, 2.05) is 17.8 Å². The molecule has 106 valence electrons. The average molecular weight is 283 g/mol. The van der Waals surface area contributed by atoms with Crippen molar-refractivity contribution in [3.63, 3.8) is 0 Å². The minimum absolute atomic E-state index is 0.327. The highest BCUT2D eigenvalue weighted by atomic mass is 32.2. The first kappa shape index (κ1) is 14.5. The van der Waals surface area contributed by atoms with Crippen LogP contribution in [-0.2, 0) is 4.74 Å². The van der Waals surface area contributed by atoms with Gasteiger partial charge in [-0.05, 0) is 24.2 Å². The van der Waals surface area contributed by atoms with Crippen LogP contribution in [-0.4, -0.2) is 38.6 Å². The van der Waals surface area contributed by atoms with Crippen LogP contribution in [0.4, 0.5) is 0 Å². The topological polar surface area (TPSA) is 39.7 Å². The first-order valence-corrected chi connectivity index (χ1v) is 7.70. The fraction of sp³-hybridized carbons (Fsp3) is 0.571. The lowest BCUT2D eigenvalue weighted by Gasteiger charge is -2.18. The molecule has 0 amide bonds. The third-order valence-electron chi connectivity index (χ3n) is 2.97. The summed E-state index contributed by atoms with van der Waals surface area (Å²) in [6.07, 6.45) is 0. The summed E-state index contributed by atoms with van der Waals surface area (Å²) >= 11 is 1.89. The third-order valence-corrected chi connectivity index (χ3v) is 3.99. The van der Waals surface area contributed by atoms with Crippen LogP contribution in [0, 0.1) is 0 Å². The molecule has 1 aromatic rings. The molecule has 1 unspecified atom stereocenters. The monoisotopic (exact) mass is 283 g/mol. The van der Waals surface area contributed by atoms with Crippen molar-refractivity contribution < 1.29 is 14.2 Å². The Kier molecular flexibility index (Phi) is 5.82. The summed E-state index contributed by atoms with van der Waals surface area (Å²) in [7, 11) is 1.74. The molecule has 19 heavy (non-hydrogen) atoms. The number of hydrogen-bond donors (Lipinski definition) is 1. The molecule has 1 heterocycles. The maximum Gasteiger partial charge on any atom is 0.231 e. The zero-order valence-corrected chi connectivity index (χ0v) is 12.3. The van der Waals surface area contributed by atoms with E-state index in [0.717, 1.165) is 36.2 Å². The molecule has 1 N–H and O–H groups in total. The van der Waals surface area contributed by atoms with Gasteiger partial charge in [0.15, 0.2) is 11.5 Å². The van der Waals surface area contributed by atoms with Gasteiger partial charge in [0.05, 0.1) is 6.61 Å². The second-order valence-electron chi connectivity index (χ2n) is 4.29. The van der Waals surface area contributed by atoms with Crippen LogP contribution in [0.1, 0.15) is 18.5 Å². The van der Waals surface area contributed by atoms with Crippen molar-refractivity contribution in [1.29, 1.82) is 0 Å². The number of hydrogen-bond acceptors (Lipinski definition) is 5. The molecule has 4 nitrogen and oxygen atoms in total. The third kappa shape index (κ3) is 4.03. The maximum atomic E-state index is 5.43. The van der Waals surface area contributed by atoms with Crippen LogP contribution in [0.5, 0.6) is 11.5 Å². The molecular formula is C14H21NO3S. The lowest BCUT2D eigenvalue weighted by molar-refractivity contribution is 0.174. The van der Waals surface area contributed by atoms with Crippen LogP contribution in [0.2, 0.25) is 0 Å². The molecule has 0 fully saturated rings. The summed E-state index contributed by atoms with van der Waals surface area (Å²) in [6.45, 7) is 4.20. The van der Waals surface area contributed by atoms with Crippen molar-refractivity contribution in [3.05, 3.63) is 23.8 Å². The second kappa shape index (κ2) is 7.62. The zero-order chi connectivity index (χ0) is 13.5. The average Bonchev–Trinajstić information content (AvgIpc) is 2.89. The number of ether oxygens (including phenoxy) is 3. The van der Waals surface area contributed by atoms with E-state index in [2.05, 4.69) is 24.4 Å². The Bertz CT molecular complexity index is 400. The molecule has 5 heteroatoms. The van der Waals surface area contributed by atoms with Gasteiger partial charge in [0, 0.05) is 24.7 Å². The Morgan fingerprint density at radius 2 is 2.21 bits per heavy atom. The lowest BCUT2D eigenvalue weighted by Crippen LogP contribution is -2.23. The van der Waals surface area contributed by atoms with Crippen LogP contribution < -0.4 is 14.8 Å². The van der Waals surface area contributed by atoms with Crippen molar-refractivity contribution in [2.75, 3.05) is 38.6 Å². The maximum absolute atomic E-state index is 5.43. The minimum Gasteiger partial charge on any atom is -0.454 e. The van der Waals surface area contributed by atoms with Crippen molar-refractivity contribution in [2.45, 2.75) is 13.0 Å². The molecule has 0 aliphatic carbocycles. The van der Waals surface area contributed by atoms with Gasteiger partial charge in [0.25, 0.3) is 0 Å². The first-order chi connectivity index (χ1) is 9.35. The van der Waals surface area contributed by atoms with Crippen LogP contribution in [0.3, 0.4) is 0 Å². The molecular weight excluding hydrogens is 262 g/mol. The molecule has 1 aliphatic heterocycles. The molecule has 0 aromatic heterocycles. The van der Waals surface area contributed by atoms with E-state index in [1.165, 1.54) is 5.56 Å². The number of nitrogens with one attached hydrogen (secondary N) is 1. The minimum atomic E-state index is 0.327. The van der Waals surface area contributed by atoms with Crippen molar-refractivity contribution in [1.82, 2.24) is 5.32 Å². The fourth-order valence-corrected chi connectivity index (χ4v) is 2.99. The quantitative estimate of drug-likeness (QED) is 0.742.